The highest BCUT2D eigenvalue weighted by molar-refractivity contribution is 5.19. The number of unbranched alkanes of at least 4 members (excludes halogenated alkanes) is 10. The first-order valence-corrected chi connectivity index (χ1v) is 26.5. The molecule has 1 heterocycles. The van der Waals surface area contributed by atoms with E-state index in [0.717, 1.165) is 67.9 Å². The molecule has 4 fully saturated rings. The summed E-state index contributed by atoms with van der Waals surface area (Å²) in [5, 5.41) is 0. The first kappa shape index (κ1) is 50.0. The van der Waals surface area contributed by atoms with Gasteiger partial charge in [-0.05, 0) is 164 Å². The van der Waals surface area contributed by atoms with Crippen LogP contribution in [0.2, 0.25) is 0 Å². The number of fused-ring (bicyclic) bond motifs is 5. The molecule has 1 aliphatic heterocycles. The molecule has 5 unspecified atom stereocenters. The Morgan fingerprint density at radius 3 is 2.32 bits per heavy atom. The molecular weight excluding hydrogens is 739 g/mol. The summed E-state index contributed by atoms with van der Waals surface area (Å²) in [6.45, 7) is 18.4. The Labute approximate surface area is 372 Å². The van der Waals surface area contributed by atoms with E-state index >= 15 is 0 Å². The summed E-state index contributed by atoms with van der Waals surface area (Å²) in [6.07, 6.45) is 47.3. The van der Waals surface area contributed by atoms with Crippen molar-refractivity contribution in [1.82, 2.24) is 4.90 Å². The molecule has 5 rings (SSSR count). The van der Waals surface area contributed by atoms with Crippen molar-refractivity contribution in [3.05, 3.63) is 36.0 Å². The van der Waals surface area contributed by atoms with Gasteiger partial charge in [0.2, 0.25) is 0 Å². The summed E-state index contributed by atoms with van der Waals surface area (Å²) in [5.74, 6) is 5.56. The van der Waals surface area contributed by atoms with E-state index in [1.165, 1.54) is 154 Å². The van der Waals surface area contributed by atoms with Gasteiger partial charge in [-0.1, -0.05) is 121 Å². The third kappa shape index (κ3) is 17.2. The minimum Gasteiger partial charge on any atom is -0.379 e. The van der Waals surface area contributed by atoms with Gasteiger partial charge in [0.25, 0.3) is 0 Å². The standard InChI is InChI=1S/C55H97NO4/c1-6-7-8-9-10-11-12-13-14-15-16-17-18-19-20-23-37-58-44-49(43-56-36-24-26-46(56)4)60-41-39-57-38-40-59-48-28-30-50-47(42-48)27-29-52-51(50)31-32-54-53(52)33-35-55(54,5)34-22-21-25-45(2)3/h10-11,13-14,27,45-46,48-54H,6-9,12,15-26,28-44H2,1-5H3/t46-,48+,49-,50?,51?,52?,53?,54?,55+/m1/s1. The van der Waals surface area contributed by atoms with Crippen molar-refractivity contribution in [3.63, 3.8) is 0 Å². The van der Waals surface area contributed by atoms with Gasteiger partial charge in [-0.3, -0.25) is 4.90 Å². The van der Waals surface area contributed by atoms with Crippen LogP contribution in [0, 0.1) is 40.9 Å². The second-order valence-corrected chi connectivity index (χ2v) is 21.2. The van der Waals surface area contributed by atoms with Gasteiger partial charge in [-0.25, -0.2) is 0 Å². The lowest BCUT2D eigenvalue weighted by atomic mass is 9.54. The van der Waals surface area contributed by atoms with Gasteiger partial charge in [0.15, 0.2) is 0 Å². The van der Waals surface area contributed by atoms with Gasteiger partial charge in [0.1, 0.15) is 0 Å². The fourth-order valence-electron chi connectivity index (χ4n) is 12.6. The molecule has 5 nitrogen and oxygen atoms in total. The van der Waals surface area contributed by atoms with Crippen LogP contribution in [0.5, 0.6) is 0 Å². The minimum absolute atomic E-state index is 0.112. The summed E-state index contributed by atoms with van der Waals surface area (Å²) in [5.41, 5.74) is 2.36. The topological polar surface area (TPSA) is 40.2 Å². The van der Waals surface area contributed by atoms with Gasteiger partial charge in [0, 0.05) is 19.2 Å². The number of hydrogen-bond donors (Lipinski definition) is 0. The largest absolute Gasteiger partial charge is 0.379 e. The third-order valence-electron chi connectivity index (χ3n) is 16.1. The van der Waals surface area contributed by atoms with Crippen LogP contribution in [-0.2, 0) is 18.9 Å². The minimum atomic E-state index is 0.112. The van der Waals surface area contributed by atoms with Crippen molar-refractivity contribution in [2.24, 2.45) is 40.9 Å². The van der Waals surface area contributed by atoms with Crippen molar-refractivity contribution in [2.75, 3.05) is 52.7 Å². The van der Waals surface area contributed by atoms with Gasteiger partial charge >= 0.3 is 0 Å². The second-order valence-electron chi connectivity index (χ2n) is 21.2. The Morgan fingerprint density at radius 1 is 0.750 bits per heavy atom. The fourth-order valence-corrected chi connectivity index (χ4v) is 12.6. The highest BCUT2D eigenvalue weighted by Crippen LogP contribution is 2.62. The van der Waals surface area contributed by atoms with Crippen LogP contribution in [0.25, 0.3) is 0 Å². The van der Waals surface area contributed by atoms with Gasteiger partial charge in [-0.15, -0.1) is 0 Å². The Kier molecular flexibility index (Phi) is 24.0. The number of nitrogens with zero attached hydrogens (tertiary/aromatic N) is 1. The van der Waals surface area contributed by atoms with Crippen LogP contribution in [0.1, 0.15) is 202 Å². The lowest BCUT2D eigenvalue weighted by molar-refractivity contribution is -0.0618. The summed E-state index contributed by atoms with van der Waals surface area (Å²) in [6, 6.07) is 0.644. The Morgan fingerprint density at radius 2 is 1.53 bits per heavy atom. The summed E-state index contributed by atoms with van der Waals surface area (Å²) >= 11 is 0. The van der Waals surface area contributed by atoms with Crippen molar-refractivity contribution in [1.29, 1.82) is 0 Å². The Hall–Kier alpha value is -0.980. The van der Waals surface area contributed by atoms with Gasteiger partial charge in [0.05, 0.1) is 45.2 Å². The predicted molar refractivity (Wildman–Crippen MR) is 255 cm³/mol. The number of hydrogen-bond acceptors (Lipinski definition) is 5. The fraction of sp³-hybridized carbons (Fsp3) is 0.891. The van der Waals surface area contributed by atoms with Crippen molar-refractivity contribution >= 4 is 0 Å². The van der Waals surface area contributed by atoms with Gasteiger partial charge in [-0.2, -0.15) is 0 Å². The molecule has 0 bridgehead atoms. The molecule has 4 aliphatic carbocycles. The molecule has 0 radical (unpaired) electrons. The van der Waals surface area contributed by atoms with Gasteiger partial charge < -0.3 is 18.9 Å². The maximum absolute atomic E-state index is 6.46. The van der Waals surface area contributed by atoms with Crippen molar-refractivity contribution < 1.29 is 18.9 Å². The monoisotopic (exact) mass is 836 g/mol. The molecule has 5 aliphatic rings. The third-order valence-corrected chi connectivity index (χ3v) is 16.1. The SMILES string of the molecule is CCCCCC=CCC=CCCCCCCCCOC[C@@H](CN1CCC[C@H]1C)OCCOCCO[C@H]1CCC2C(=CCC3C2CCC2C3CC[C@]2(C)CCCCC(C)C)C1. The zero-order valence-electron chi connectivity index (χ0n) is 40.2. The van der Waals surface area contributed by atoms with Crippen LogP contribution in [-0.4, -0.2) is 75.9 Å². The molecule has 1 saturated heterocycles. The molecule has 0 amide bonds. The first-order chi connectivity index (χ1) is 29.4. The van der Waals surface area contributed by atoms with E-state index in [0.29, 0.717) is 50.6 Å². The van der Waals surface area contributed by atoms with Crippen LogP contribution >= 0.6 is 0 Å². The summed E-state index contributed by atoms with van der Waals surface area (Å²) in [7, 11) is 0. The van der Waals surface area contributed by atoms with E-state index < -0.39 is 0 Å². The van der Waals surface area contributed by atoms with E-state index in [1.54, 1.807) is 5.57 Å². The number of rotatable bonds is 32. The lowest BCUT2D eigenvalue weighted by Crippen LogP contribution is -2.43. The van der Waals surface area contributed by atoms with Crippen molar-refractivity contribution in [3.8, 4) is 0 Å². The van der Waals surface area contributed by atoms with E-state index in [-0.39, 0.29) is 6.10 Å². The molecule has 9 atom stereocenters. The molecule has 0 N–H and O–H groups in total. The average molecular weight is 836 g/mol. The quantitative estimate of drug-likeness (QED) is 0.0499. The normalized spacial score (nSPS) is 30.0. The summed E-state index contributed by atoms with van der Waals surface area (Å²) in [4.78, 5) is 2.59. The molecule has 3 saturated carbocycles. The van der Waals surface area contributed by atoms with E-state index in [4.69, 9.17) is 18.9 Å². The lowest BCUT2D eigenvalue weighted by Gasteiger charge is -2.51. The number of ether oxygens (including phenoxy) is 4. The maximum atomic E-state index is 6.46. The molecule has 0 aromatic heterocycles. The Balaban J connectivity index is 0.886. The molecule has 5 heteroatoms. The van der Waals surface area contributed by atoms with Crippen LogP contribution < -0.4 is 0 Å². The number of allylic oxidation sites excluding steroid dienone is 5. The molecule has 60 heavy (non-hydrogen) atoms. The smallest absolute Gasteiger partial charge is 0.0936 e. The first-order valence-electron chi connectivity index (χ1n) is 26.5. The second kappa shape index (κ2) is 28.7. The summed E-state index contributed by atoms with van der Waals surface area (Å²) < 4.78 is 25.1. The van der Waals surface area contributed by atoms with Crippen LogP contribution in [0.4, 0.5) is 0 Å². The average Bonchev–Trinajstić information content (AvgIpc) is 3.82. The molecule has 0 spiro atoms. The van der Waals surface area contributed by atoms with Crippen LogP contribution in [0.15, 0.2) is 36.0 Å². The van der Waals surface area contributed by atoms with Crippen LogP contribution in [0.3, 0.4) is 0 Å². The zero-order chi connectivity index (χ0) is 42.3. The maximum Gasteiger partial charge on any atom is 0.0936 e. The molecule has 0 aromatic carbocycles. The Bertz CT molecular complexity index is 1210. The van der Waals surface area contributed by atoms with E-state index in [1.807, 2.05) is 0 Å². The zero-order valence-corrected chi connectivity index (χ0v) is 40.2. The predicted octanol–water partition coefficient (Wildman–Crippen LogP) is 14.5. The highest BCUT2D eigenvalue weighted by atomic mass is 16.6. The molecule has 0 aromatic rings. The highest BCUT2D eigenvalue weighted by Gasteiger charge is 2.53. The van der Waals surface area contributed by atoms with E-state index in [2.05, 4.69) is 69.9 Å². The van der Waals surface area contributed by atoms with Crippen molar-refractivity contribution in [2.45, 2.75) is 220 Å². The molecule has 346 valence electrons. The number of likely N-dealkylation sites (tertiary alicyclic amines) is 1. The molecular formula is C55H97NO4. The van der Waals surface area contributed by atoms with E-state index in [9.17, 15) is 0 Å².